The summed E-state index contributed by atoms with van der Waals surface area (Å²) in [6.45, 7) is 6.06. The van der Waals surface area contributed by atoms with E-state index in [1.54, 1.807) is 12.1 Å². The van der Waals surface area contributed by atoms with Gasteiger partial charge >= 0.3 is 15.6 Å². The average Bonchev–Trinajstić information content (AvgIpc) is 2.27. The normalized spacial score (nSPS) is 13.3. The van der Waals surface area contributed by atoms with Gasteiger partial charge in [-0.3, -0.25) is 0 Å². The van der Waals surface area contributed by atoms with E-state index in [0.29, 0.717) is 0 Å². The molecule has 0 spiro atoms. The molecule has 0 aliphatic rings. The highest BCUT2D eigenvalue weighted by molar-refractivity contribution is 7.87. The largest absolute Gasteiger partial charge is 0.534 e. The second-order valence-corrected chi connectivity index (χ2v) is 6.68. The van der Waals surface area contributed by atoms with Crippen LogP contribution < -0.4 is 4.18 Å². The molecule has 0 N–H and O–H groups in total. The second-order valence-electron chi connectivity index (χ2n) is 5.14. The molecule has 0 unspecified atom stereocenters. The Kier molecular flexibility index (Phi) is 4.74. The summed E-state index contributed by atoms with van der Waals surface area (Å²) in [7, 11) is -5.61. The molecule has 0 radical (unpaired) electrons. The van der Waals surface area contributed by atoms with Crippen molar-refractivity contribution in [3.8, 4) is 5.75 Å². The molecular formula is C13H17F3O3S. The van der Waals surface area contributed by atoms with E-state index in [2.05, 4.69) is 4.18 Å². The standard InChI is InChI=1S/C13H17F3O3S/c1-4-9-12(2,3)10-5-7-11(8-6-10)19-20(17,18)13(14,15)16/h5-8H,4,9H2,1-3H3. The van der Waals surface area contributed by atoms with Crippen molar-refractivity contribution in [1.82, 2.24) is 0 Å². The van der Waals surface area contributed by atoms with E-state index in [9.17, 15) is 21.6 Å². The second kappa shape index (κ2) is 5.63. The van der Waals surface area contributed by atoms with Gasteiger partial charge in [-0.1, -0.05) is 39.3 Å². The van der Waals surface area contributed by atoms with Crippen LogP contribution >= 0.6 is 0 Å². The number of benzene rings is 1. The number of rotatable bonds is 5. The van der Waals surface area contributed by atoms with E-state index in [1.165, 1.54) is 12.1 Å². The highest BCUT2D eigenvalue weighted by atomic mass is 32.2. The first-order valence-electron chi connectivity index (χ1n) is 6.11. The maximum absolute atomic E-state index is 12.2. The quantitative estimate of drug-likeness (QED) is 0.610. The number of hydrogen-bond donors (Lipinski definition) is 0. The molecule has 1 rings (SSSR count). The third-order valence-electron chi connectivity index (χ3n) is 3.00. The Morgan fingerprint density at radius 3 is 2.00 bits per heavy atom. The predicted molar refractivity (Wildman–Crippen MR) is 70.0 cm³/mol. The lowest BCUT2D eigenvalue weighted by Gasteiger charge is -2.24. The lowest BCUT2D eigenvalue weighted by Crippen LogP contribution is -2.28. The Balaban J connectivity index is 2.94. The smallest absolute Gasteiger partial charge is 0.376 e. The van der Waals surface area contributed by atoms with Gasteiger partial charge in [-0.25, -0.2) is 0 Å². The van der Waals surface area contributed by atoms with Gasteiger partial charge in [0, 0.05) is 0 Å². The molecule has 114 valence electrons. The van der Waals surface area contributed by atoms with Crippen molar-refractivity contribution in [3.63, 3.8) is 0 Å². The van der Waals surface area contributed by atoms with E-state index in [0.717, 1.165) is 18.4 Å². The monoisotopic (exact) mass is 310 g/mol. The number of alkyl halides is 3. The van der Waals surface area contributed by atoms with Crippen molar-refractivity contribution in [1.29, 1.82) is 0 Å². The van der Waals surface area contributed by atoms with Crippen molar-refractivity contribution in [3.05, 3.63) is 29.8 Å². The van der Waals surface area contributed by atoms with Gasteiger partial charge in [-0.2, -0.15) is 21.6 Å². The molecule has 0 amide bonds. The van der Waals surface area contributed by atoms with Crippen LogP contribution in [0.4, 0.5) is 13.2 Å². The fourth-order valence-electron chi connectivity index (χ4n) is 1.90. The molecule has 1 aromatic carbocycles. The van der Waals surface area contributed by atoms with Crippen LogP contribution in [0, 0.1) is 0 Å². The van der Waals surface area contributed by atoms with Gasteiger partial charge in [-0.05, 0) is 29.5 Å². The summed E-state index contributed by atoms with van der Waals surface area (Å²) in [6, 6.07) is 5.62. The lowest BCUT2D eigenvalue weighted by molar-refractivity contribution is -0.0500. The maximum Gasteiger partial charge on any atom is 0.534 e. The molecule has 0 saturated carbocycles. The topological polar surface area (TPSA) is 43.4 Å². The fraction of sp³-hybridized carbons (Fsp3) is 0.538. The van der Waals surface area contributed by atoms with Crippen molar-refractivity contribution in [2.45, 2.75) is 44.5 Å². The molecule has 0 atom stereocenters. The molecule has 0 aromatic heterocycles. The minimum absolute atomic E-state index is 0.129. The van der Waals surface area contributed by atoms with Gasteiger partial charge in [-0.15, -0.1) is 0 Å². The molecule has 7 heteroatoms. The van der Waals surface area contributed by atoms with E-state index in [-0.39, 0.29) is 11.2 Å². The minimum Gasteiger partial charge on any atom is -0.376 e. The summed E-state index contributed by atoms with van der Waals surface area (Å²) < 4.78 is 62.3. The molecule has 3 nitrogen and oxygen atoms in total. The number of halogens is 3. The van der Waals surface area contributed by atoms with E-state index in [4.69, 9.17) is 0 Å². The van der Waals surface area contributed by atoms with Crippen molar-refractivity contribution >= 4 is 10.1 Å². The van der Waals surface area contributed by atoms with E-state index < -0.39 is 15.6 Å². The summed E-state index contributed by atoms with van der Waals surface area (Å²) in [4.78, 5) is 0. The van der Waals surface area contributed by atoms with Crippen LogP contribution in [0.5, 0.6) is 5.75 Å². The van der Waals surface area contributed by atoms with Gasteiger partial charge in [0.1, 0.15) is 5.75 Å². The molecule has 1 aromatic rings. The van der Waals surface area contributed by atoms with Gasteiger partial charge in [0.15, 0.2) is 0 Å². The van der Waals surface area contributed by atoms with E-state index in [1.807, 2.05) is 20.8 Å². The molecule has 0 aliphatic heterocycles. The first-order valence-corrected chi connectivity index (χ1v) is 7.52. The Bertz CT molecular complexity index is 545. The summed E-state index contributed by atoms with van der Waals surface area (Å²) >= 11 is 0. The zero-order chi connectivity index (χ0) is 15.6. The molecule has 0 fully saturated rings. The van der Waals surface area contributed by atoms with Crippen molar-refractivity contribution < 1.29 is 25.8 Å². The van der Waals surface area contributed by atoms with Crippen molar-refractivity contribution in [2.75, 3.05) is 0 Å². The molecular weight excluding hydrogens is 293 g/mol. The average molecular weight is 310 g/mol. The van der Waals surface area contributed by atoms with Crippen LogP contribution in [0.15, 0.2) is 24.3 Å². The predicted octanol–water partition coefficient (Wildman–Crippen LogP) is 3.99. The van der Waals surface area contributed by atoms with Gasteiger partial charge in [0.05, 0.1) is 0 Å². The highest BCUT2D eigenvalue weighted by Gasteiger charge is 2.48. The molecule has 0 heterocycles. The highest BCUT2D eigenvalue weighted by Crippen LogP contribution is 2.31. The molecule has 0 bridgehead atoms. The zero-order valence-corrected chi connectivity index (χ0v) is 12.3. The van der Waals surface area contributed by atoms with Crippen LogP contribution in [-0.4, -0.2) is 13.9 Å². The molecule has 0 saturated heterocycles. The van der Waals surface area contributed by atoms with Crippen LogP contribution in [0.3, 0.4) is 0 Å². The Morgan fingerprint density at radius 2 is 1.60 bits per heavy atom. The van der Waals surface area contributed by atoms with Gasteiger partial charge in [0.2, 0.25) is 0 Å². The Hall–Kier alpha value is -1.24. The number of hydrogen-bond acceptors (Lipinski definition) is 3. The van der Waals surface area contributed by atoms with E-state index >= 15 is 0 Å². The minimum atomic E-state index is -5.61. The lowest BCUT2D eigenvalue weighted by atomic mass is 9.81. The summed E-state index contributed by atoms with van der Waals surface area (Å²) in [5.41, 5.74) is -4.64. The first-order chi connectivity index (χ1) is 8.99. The Labute approximate surface area is 116 Å². The van der Waals surface area contributed by atoms with Crippen LogP contribution in [0.1, 0.15) is 39.2 Å². The summed E-state index contributed by atoms with van der Waals surface area (Å²) in [6.07, 6.45) is 1.88. The van der Waals surface area contributed by atoms with Crippen molar-refractivity contribution in [2.24, 2.45) is 0 Å². The third kappa shape index (κ3) is 3.88. The fourth-order valence-corrected chi connectivity index (χ4v) is 2.36. The molecule has 20 heavy (non-hydrogen) atoms. The van der Waals surface area contributed by atoms with Crippen LogP contribution in [-0.2, 0) is 15.5 Å². The SMILES string of the molecule is CCCC(C)(C)c1ccc(OS(=O)(=O)C(F)(F)F)cc1. The first kappa shape index (κ1) is 16.8. The van der Waals surface area contributed by atoms with Crippen LogP contribution in [0.25, 0.3) is 0 Å². The van der Waals surface area contributed by atoms with Crippen LogP contribution in [0.2, 0.25) is 0 Å². The maximum atomic E-state index is 12.2. The Morgan fingerprint density at radius 1 is 1.10 bits per heavy atom. The third-order valence-corrected chi connectivity index (χ3v) is 3.98. The summed E-state index contributed by atoms with van der Waals surface area (Å²) in [5.74, 6) is -0.349. The zero-order valence-electron chi connectivity index (χ0n) is 11.5. The molecule has 0 aliphatic carbocycles. The summed E-state index contributed by atoms with van der Waals surface area (Å²) in [5, 5.41) is 0. The van der Waals surface area contributed by atoms with Gasteiger partial charge in [0.25, 0.3) is 0 Å². The van der Waals surface area contributed by atoms with Gasteiger partial charge < -0.3 is 4.18 Å².